The first-order chi connectivity index (χ1) is 3.06. The molecule has 8 heavy (non-hydrogen) atoms. The van der Waals surface area contributed by atoms with E-state index in [9.17, 15) is 8.42 Å². The lowest BCUT2D eigenvalue weighted by molar-refractivity contribution is 0.605. The van der Waals surface area contributed by atoms with Gasteiger partial charge in [0.1, 0.15) is 5.75 Å². The van der Waals surface area contributed by atoms with Gasteiger partial charge in [-0.2, -0.15) is 5.26 Å². The fourth-order valence-electron chi connectivity index (χ4n) is 0.117. The van der Waals surface area contributed by atoms with Gasteiger partial charge in [-0.1, -0.05) is 0 Å². The summed E-state index contributed by atoms with van der Waals surface area (Å²) in [5.41, 5.74) is 0. The van der Waals surface area contributed by atoms with Crippen molar-refractivity contribution in [2.24, 2.45) is 0 Å². The van der Waals surface area contributed by atoms with E-state index in [0.29, 0.717) is 0 Å². The lowest BCUT2D eigenvalue weighted by Crippen LogP contribution is -1.98. The van der Waals surface area contributed by atoms with Crippen molar-refractivity contribution < 1.29 is 13.1 Å². The molecule has 0 heterocycles. The van der Waals surface area contributed by atoms with Crippen molar-refractivity contribution in [3.63, 3.8) is 0 Å². The van der Waals surface area contributed by atoms with E-state index in [1.807, 2.05) is 0 Å². The molecule has 0 saturated heterocycles. The molecule has 48 valence electrons. The average molecular weight is 139 g/mol. The van der Waals surface area contributed by atoms with Crippen molar-refractivity contribution in [2.75, 3.05) is 12.0 Å². The summed E-state index contributed by atoms with van der Waals surface area (Å²) in [5.74, 6) is -0.382. The lowest BCUT2D eigenvalue weighted by Gasteiger charge is -1.79. The van der Waals surface area contributed by atoms with Crippen LogP contribution in [0.5, 0.6) is 0 Å². The molecule has 0 aliphatic carbocycles. The monoisotopic (exact) mass is 139 g/mol. The van der Waals surface area contributed by atoms with Crippen LogP contribution in [0.4, 0.5) is 4.70 Å². The van der Waals surface area contributed by atoms with Crippen LogP contribution in [0.3, 0.4) is 0 Å². The fraction of sp³-hybridized carbons (Fsp3) is 0.667. The molecule has 0 unspecified atom stereocenters. The predicted molar refractivity (Wildman–Crippen MR) is 27.8 cm³/mol. The molecule has 0 spiro atoms. The average Bonchev–Trinajstić information content (AvgIpc) is 1.30. The molecule has 0 aromatic heterocycles. The van der Waals surface area contributed by atoms with E-state index in [1.165, 1.54) is 6.07 Å². The van der Waals surface area contributed by atoms with Gasteiger partial charge in [0.2, 0.25) is 0 Å². The molecule has 0 radical (unpaired) electrons. The first kappa shape index (κ1) is 10.4. The summed E-state index contributed by atoms with van der Waals surface area (Å²) in [6, 6.07) is 1.52. The number of nitriles is 1. The third-order valence-corrected chi connectivity index (χ3v) is 0.980. The number of rotatable bonds is 1. The highest BCUT2D eigenvalue weighted by atomic mass is 32.2. The van der Waals surface area contributed by atoms with Crippen LogP contribution in [0, 0.1) is 11.3 Å². The second-order valence-corrected chi connectivity index (χ2v) is 3.37. The molecule has 3 nitrogen and oxygen atoms in total. The molecule has 0 aromatic carbocycles. The summed E-state index contributed by atoms with van der Waals surface area (Å²) in [5, 5.41) is 7.77. The minimum atomic E-state index is -3.04. The molecule has 0 fully saturated rings. The Morgan fingerprint density at radius 2 is 2.00 bits per heavy atom. The summed E-state index contributed by atoms with van der Waals surface area (Å²) >= 11 is 0. The molecule has 0 aliphatic rings. The van der Waals surface area contributed by atoms with E-state index in [-0.39, 0.29) is 10.5 Å². The van der Waals surface area contributed by atoms with Crippen molar-refractivity contribution in [1.29, 1.82) is 5.26 Å². The maximum Gasteiger partial charge on any atom is 0.160 e. The first-order valence-corrected chi connectivity index (χ1v) is 3.67. The zero-order valence-electron chi connectivity index (χ0n) is 4.29. The van der Waals surface area contributed by atoms with Gasteiger partial charge < -0.3 is 0 Å². The zero-order valence-corrected chi connectivity index (χ0v) is 5.10. The van der Waals surface area contributed by atoms with Crippen molar-refractivity contribution in [3.8, 4) is 6.07 Å². The highest BCUT2D eigenvalue weighted by molar-refractivity contribution is 7.90. The minimum Gasteiger partial charge on any atom is -0.269 e. The van der Waals surface area contributed by atoms with E-state index in [4.69, 9.17) is 5.26 Å². The van der Waals surface area contributed by atoms with Crippen molar-refractivity contribution in [3.05, 3.63) is 0 Å². The molecule has 0 atom stereocenters. The number of nitrogens with zero attached hydrogens (tertiary/aromatic N) is 1. The molecular formula is C3H6FNO2S. The van der Waals surface area contributed by atoms with E-state index in [1.54, 1.807) is 0 Å². The van der Waals surface area contributed by atoms with Gasteiger partial charge in [0.25, 0.3) is 0 Å². The van der Waals surface area contributed by atoms with Gasteiger partial charge in [0.15, 0.2) is 9.84 Å². The Balaban J connectivity index is 0. The predicted octanol–water partition coefficient (Wildman–Crippen LogP) is -0.293. The highest BCUT2D eigenvalue weighted by Gasteiger charge is 1.95. The molecule has 0 aromatic rings. The number of hydrogen-bond donors (Lipinski definition) is 0. The van der Waals surface area contributed by atoms with Crippen LogP contribution in [0.15, 0.2) is 0 Å². The third-order valence-electron chi connectivity index (χ3n) is 0.327. The van der Waals surface area contributed by atoms with Crippen LogP contribution in [0.2, 0.25) is 0 Å². The molecule has 5 heteroatoms. The van der Waals surface area contributed by atoms with Crippen molar-refractivity contribution in [2.45, 2.75) is 0 Å². The lowest BCUT2D eigenvalue weighted by atomic mass is 10.9. The van der Waals surface area contributed by atoms with Gasteiger partial charge in [-0.05, 0) is 0 Å². The van der Waals surface area contributed by atoms with Crippen LogP contribution in [0.25, 0.3) is 0 Å². The van der Waals surface area contributed by atoms with E-state index in [2.05, 4.69) is 0 Å². The number of halogens is 1. The van der Waals surface area contributed by atoms with Gasteiger partial charge in [-0.25, -0.2) is 8.42 Å². The normalized spacial score (nSPS) is 9.00. The molecular weight excluding hydrogens is 133 g/mol. The molecule has 0 aliphatic heterocycles. The van der Waals surface area contributed by atoms with Gasteiger partial charge in [0, 0.05) is 6.26 Å². The second kappa shape index (κ2) is 3.38. The summed E-state index contributed by atoms with van der Waals surface area (Å²) in [6.45, 7) is 0. The van der Waals surface area contributed by atoms with Crippen molar-refractivity contribution >= 4 is 9.84 Å². The summed E-state index contributed by atoms with van der Waals surface area (Å²) in [4.78, 5) is 0. The molecule has 0 rings (SSSR count). The van der Waals surface area contributed by atoms with Crippen LogP contribution >= 0.6 is 0 Å². The summed E-state index contributed by atoms with van der Waals surface area (Å²) in [6.07, 6.45) is 1.02. The highest BCUT2D eigenvalue weighted by Crippen LogP contribution is 1.75. The standard InChI is InChI=1S/C3H5NO2S.FH/c1-7(5,6)3-2-4;/h3H2,1H3;1H. The van der Waals surface area contributed by atoms with Crippen LogP contribution < -0.4 is 0 Å². The van der Waals surface area contributed by atoms with Crippen LogP contribution in [-0.2, 0) is 9.84 Å². The maximum atomic E-state index is 10.0. The summed E-state index contributed by atoms with van der Waals surface area (Å²) in [7, 11) is -3.04. The van der Waals surface area contributed by atoms with Gasteiger partial charge >= 0.3 is 0 Å². The zero-order chi connectivity index (χ0) is 5.91. The number of hydrogen-bond acceptors (Lipinski definition) is 3. The first-order valence-electron chi connectivity index (χ1n) is 1.61. The van der Waals surface area contributed by atoms with E-state index < -0.39 is 9.84 Å². The Labute approximate surface area is 47.2 Å². The van der Waals surface area contributed by atoms with Gasteiger partial charge in [-0.15, -0.1) is 0 Å². The minimum absolute atomic E-state index is 0. The van der Waals surface area contributed by atoms with E-state index >= 15 is 0 Å². The van der Waals surface area contributed by atoms with Crippen LogP contribution in [0.1, 0.15) is 0 Å². The van der Waals surface area contributed by atoms with Crippen molar-refractivity contribution in [1.82, 2.24) is 0 Å². The largest absolute Gasteiger partial charge is 0.269 e. The SMILES string of the molecule is CS(=O)(=O)CC#N.F. The van der Waals surface area contributed by atoms with E-state index in [0.717, 1.165) is 6.26 Å². The molecule has 0 amide bonds. The topological polar surface area (TPSA) is 57.9 Å². The Bertz CT molecular complexity index is 178. The Morgan fingerprint density at radius 1 is 1.62 bits per heavy atom. The Kier molecular flexibility index (Phi) is 4.38. The molecule has 0 bridgehead atoms. The maximum absolute atomic E-state index is 10.0. The Hall–Kier alpha value is -0.630. The Morgan fingerprint density at radius 3 is 2.00 bits per heavy atom. The summed E-state index contributed by atoms with van der Waals surface area (Å²) < 4.78 is 20.0. The van der Waals surface area contributed by atoms with Crippen LogP contribution in [-0.4, -0.2) is 20.4 Å². The quantitative estimate of drug-likeness (QED) is 0.501. The number of sulfone groups is 1. The van der Waals surface area contributed by atoms with Gasteiger partial charge in [0.05, 0.1) is 6.07 Å². The fourth-order valence-corrected chi connectivity index (χ4v) is 0.352. The second-order valence-electron chi connectivity index (χ2n) is 1.23. The molecule has 0 N–H and O–H groups in total. The molecule has 0 saturated carbocycles. The smallest absolute Gasteiger partial charge is 0.160 e. The third kappa shape index (κ3) is 9.03. The van der Waals surface area contributed by atoms with Gasteiger partial charge in [-0.3, -0.25) is 4.70 Å².